The molecule has 0 radical (unpaired) electrons. The fourth-order valence-corrected chi connectivity index (χ4v) is 4.47. The van der Waals surface area contributed by atoms with Crippen LogP contribution >= 0.6 is 0 Å². The summed E-state index contributed by atoms with van der Waals surface area (Å²) in [5.41, 5.74) is 4.53. The molecule has 32 heavy (non-hydrogen) atoms. The third-order valence-electron chi connectivity index (χ3n) is 6.06. The number of ether oxygens (including phenoxy) is 2. The van der Waals surface area contributed by atoms with Gasteiger partial charge in [0.25, 0.3) is 0 Å². The lowest BCUT2D eigenvalue weighted by Gasteiger charge is -2.36. The van der Waals surface area contributed by atoms with E-state index >= 15 is 0 Å². The Labute approximate surface area is 190 Å². The number of methoxy groups -OCH3 is 2. The molecule has 0 unspecified atom stereocenters. The molecule has 3 heterocycles. The molecule has 0 saturated carbocycles. The van der Waals surface area contributed by atoms with Crippen LogP contribution in [0.5, 0.6) is 11.5 Å². The van der Waals surface area contributed by atoms with Crippen LogP contribution in [0.1, 0.15) is 55.7 Å². The van der Waals surface area contributed by atoms with Crippen LogP contribution in [0, 0.1) is 0 Å². The van der Waals surface area contributed by atoms with E-state index < -0.39 is 0 Å². The number of aryl methyl sites for hydroxylation is 1. The Morgan fingerprint density at radius 2 is 1.78 bits per heavy atom. The first kappa shape index (κ1) is 22.2. The molecular weight excluding hydrogens is 400 g/mol. The SMILES string of the molecule is CCCc1ncc(-c2ccncc2)c([C@H]2CCCCN2Cc2cc(OC)cc(OC)c2)n1. The van der Waals surface area contributed by atoms with Crippen LogP contribution in [-0.2, 0) is 13.0 Å². The minimum Gasteiger partial charge on any atom is -0.497 e. The van der Waals surface area contributed by atoms with E-state index in [-0.39, 0.29) is 6.04 Å². The summed E-state index contributed by atoms with van der Waals surface area (Å²) in [4.78, 5) is 16.5. The average Bonchev–Trinajstić information content (AvgIpc) is 2.85. The molecule has 2 aromatic heterocycles. The molecule has 0 amide bonds. The minimum atomic E-state index is 0.239. The predicted octanol–water partition coefficient (Wildman–Crippen LogP) is 5.24. The second kappa shape index (κ2) is 10.6. The molecule has 3 aromatic rings. The van der Waals surface area contributed by atoms with Crippen molar-refractivity contribution in [2.45, 2.75) is 51.6 Å². The number of pyridine rings is 1. The van der Waals surface area contributed by atoms with Crippen molar-refractivity contribution >= 4 is 0 Å². The Morgan fingerprint density at radius 3 is 2.47 bits per heavy atom. The molecular formula is C26H32N4O2. The molecule has 0 spiro atoms. The summed E-state index contributed by atoms with van der Waals surface area (Å²) in [6.07, 6.45) is 11.1. The highest BCUT2D eigenvalue weighted by molar-refractivity contribution is 5.65. The zero-order valence-corrected chi connectivity index (χ0v) is 19.3. The van der Waals surface area contributed by atoms with Crippen LogP contribution in [0.25, 0.3) is 11.1 Å². The quantitative estimate of drug-likeness (QED) is 0.485. The maximum Gasteiger partial charge on any atom is 0.128 e. The van der Waals surface area contributed by atoms with Crippen molar-refractivity contribution in [2.24, 2.45) is 0 Å². The van der Waals surface area contributed by atoms with Crippen molar-refractivity contribution in [3.63, 3.8) is 0 Å². The third kappa shape index (κ3) is 5.07. The number of hydrogen-bond donors (Lipinski definition) is 0. The summed E-state index contributed by atoms with van der Waals surface area (Å²) < 4.78 is 11.0. The first-order valence-corrected chi connectivity index (χ1v) is 11.4. The van der Waals surface area contributed by atoms with Gasteiger partial charge in [-0.2, -0.15) is 0 Å². The van der Waals surface area contributed by atoms with E-state index in [4.69, 9.17) is 14.5 Å². The summed E-state index contributed by atoms with van der Waals surface area (Å²) in [6.45, 7) is 4.02. The van der Waals surface area contributed by atoms with Crippen molar-refractivity contribution in [3.8, 4) is 22.6 Å². The number of benzene rings is 1. The number of aromatic nitrogens is 3. The molecule has 168 valence electrons. The van der Waals surface area contributed by atoms with Gasteiger partial charge in [0, 0.05) is 43.2 Å². The molecule has 6 heteroatoms. The largest absolute Gasteiger partial charge is 0.497 e. The fourth-order valence-electron chi connectivity index (χ4n) is 4.47. The smallest absolute Gasteiger partial charge is 0.128 e. The van der Waals surface area contributed by atoms with Gasteiger partial charge in [-0.15, -0.1) is 0 Å². The first-order chi connectivity index (χ1) is 15.7. The van der Waals surface area contributed by atoms with Gasteiger partial charge in [0.2, 0.25) is 0 Å². The number of piperidine rings is 1. The second-order valence-corrected chi connectivity index (χ2v) is 8.27. The van der Waals surface area contributed by atoms with Crippen LogP contribution in [0.4, 0.5) is 0 Å². The van der Waals surface area contributed by atoms with E-state index in [2.05, 4.69) is 33.9 Å². The summed E-state index contributed by atoms with van der Waals surface area (Å²) in [5, 5.41) is 0. The summed E-state index contributed by atoms with van der Waals surface area (Å²) in [5.74, 6) is 2.56. The van der Waals surface area contributed by atoms with Gasteiger partial charge in [-0.1, -0.05) is 13.3 Å². The highest BCUT2D eigenvalue weighted by Crippen LogP contribution is 2.37. The number of rotatable bonds is 8. The van der Waals surface area contributed by atoms with E-state index in [1.165, 1.54) is 18.4 Å². The summed E-state index contributed by atoms with van der Waals surface area (Å²) >= 11 is 0. The van der Waals surface area contributed by atoms with Gasteiger partial charge in [-0.3, -0.25) is 9.88 Å². The van der Waals surface area contributed by atoms with E-state index in [0.717, 1.165) is 66.5 Å². The number of nitrogens with zero attached hydrogens (tertiary/aromatic N) is 4. The molecule has 1 aliphatic rings. The van der Waals surface area contributed by atoms with Crippen LogP contribution in [-0.4, -0.2) is 40.6 Å². The Bertz CT molecular complexity index is 1000. The van der Waals surface area contributed by atoms with Gasteiger partial charge < -0.3 is 9.47 Å². The van der Waals surface area contributed by atoms with Crippen molar-refractivity contribution in [1.29, 1.82) is 0 Å². The van der Waals surface area contributed by atoms with Crippen molar-refractivity contribution in [3.05, 3.63) is 66.0 Å². The highest BCUT2D eigenvalue weighted by atomic mass is 16.5. The Morgan fingerprint density at radius 1 is 1.03 bits per heavy atom. The van der Waals surface area contributed by atoms with Gasteiger partial charge in [0.1, 0.15) is 17.3 Å². The third-order valence-corrected chi connectivity index (χ3v) is 6.06. The highest BCUT2D eigenvalue weighted by Gasteiger charge is 2.28. The van der Waals surface area contributed by atoms with Gasteiger partial charge in [-0.25, -0.2) is 9.97 Å². The van der Waals surface area contributed by atoms with Crippen LogP contribution in [0.3, 0.4) is 0 Å². The average molecular weight is 433 g/mol. The maximum atomic E-state index is 5.49. The maximum absolute atomic E-state index is 5.49. The van der Waals surface area contributed by atoms with Gasteiger partial charge in [-0.05, 0) is 61.2 Å². The van der Waals surface area contributed by atoms with Crippen LogP contribution in [0.2, 0.25) is 0 Å². The monoisotopic (exact) mass is 432 g/mol. The molecule has 1 aromatic carbocycles. The van der Waals surface area contributed by atoms with E-state index in [9.17, 15) is 0 Å². The van der Waals surface area contributed by atoms with Crippen LogP contribution < -0.4 is 9.47 Å². The molecule has 1 atom stereocenters. The van der Waals surface area contributed by atoms with Gasteiger partial charge in [0.15, 0.2) is 0 Å². The zero-order valence-electron chi connectivity index (χ0n) is 19.3. The van der Waals surface area contributed by atoms with Crippen molar-refractivity contribution in [1.82, 2.24) is 19.9 Å². The molecule has 1 aliphatic heterocycles. The normalized spacial score (nSPS) is 16.7. The lowest BCUT2D eigenvalue weighted by atomic mass is 9.93. The molecule has 1 saturated heterocycles. The van der Waals surface area contributed by atoms with Crippen molar-refractivity contribution in [2.75, 3.05) is 20.8 Å². The Kier molecular flexibility index (Phi) is 7.32. The fraction of sp³-hybridized carbons (Fsp3) is 0.423. The molecule has 0 bridgehead atoms. The summed E-state index contributed by atoms with van der Waals surface area (Å²) in [7, 11) is 3.39. The molecule has 0 aliphatic carbocycles. The molecule has 6 nitrogen and oxygen atoms in total. The Hall–Kier alpha value is -2.99. The zero-order chi connectivity index (χ0) is 22.3. The van der Waals surface area contributed by atoms with Crippen molar-refractivity contribution < 1.29 is 9.47 Å². The Balaban J connectivity index is 1.71. The number of likely N-dealkylation sites (tertiary alicyclic amines) is 1. The standard InChI is InChI=1S/C26H32N4O2/c1-4-7-25-28-17-23(20-9-11-27-12-10-20)26(29-25)24-8-5-6-13-30(24)18-19-14-21(31-2)16-22(15-19)32-3/h9-12,14-17,24H,4-8,13,18H2,1-3H3/t24-/m1/s1. The van der Waals surface area contributed by atoms with E-state index in [0.29, 0.717) is 0 Å². The lowest BCUT2D eigenvalue weighted by molar-refractivity contribution is 0.137. The van der Waals surface area contributed by atoms with Crippen LogP contribution in [0.15, 0.2) is 48.9 Å². The van der Waals surface area contributed by atoms with Gasteiger partial charge >= 0.3 is 0 Å². The first-order valence-electron chi connectivity index (χ1n) is 11.4. The minimum absolute atomic E-state index is 0.239. The molecule has 4 rings (SSSR count). The topological polar surface area (TPSA) is 60.4 Å². The predicted molar refractivity (Wildman–Crippen MR) is 126 cm³/mol. The second-order valence-electron chi connectivity index (χ2n) is 8.27. The molecule has 1 fully saturated rings. The molecule has 0 N–H and O–H groups in total. The van der Waals surface area contributed by atoms with E-state index in [1.807, 2.05) is 36.8 Å². The van der Waals surface area contributed by atoms with Gasteiger partial charge in [0.05, 0.1) is 26.0 Å². The summed E-state index contributed by atoms with van der Waals surface area (Å²) in [6, 6.07) is 10.4. The number of hydrogen-bond acceptors (Lipinski definition) is 6. The van der Waals surface area contributed by atoms with E-state index in [1.54, 1.807) is 14.2 Å². The lowest BCUT2D eigenvalue weighted by Crippen LogP contribution is -2.34.